The van der Waals surface area contributed by atoms with E-state index in [4.69, 9.17) is 0 Å². The zero-order valence-corrected chi connectivity index (χ0v) is 12.2. The third kappa shape index (κ3) is 4.18. The molecule has 20 heavy (non-hydrogen) atoms. The maximum Gasteiger partial charge on any atom is 0.0705 e. The second-order valence-corrected chi connectivity index (χ2v) is 5.16. The Hall–Kier alpha value is -1.65. The molecule has 2 N–H and O–H groups in total. The van der Waals surface area contributed by atoms with Gasteiger partial charge in [-0.2, -0.15) is 5.10 Å². The van der Waals surface area contributed by atoms with Gasteiger partial charge in [-0.3, -0.25) is 4.68 Å². The first kappa shape index (κ1) is 14.8. The van der Waals surface area contributed by atoms with E-state index in [2.05, 4.69) is 17.3 Å². The van der Waals surface area contributed by atoms with Crippen molar-refractivity contribution in [2.24, 2.45) is 7.05 Å². The van der Waals surface area contributed by atoms with Crippen LogP contribution in [0, 0.1) is 0 Å². The van der Waals surface area contributed by atoms with E-state index < -0.39 is 0 Å². The van der Waals surface area contributed by atoms with Crippen molar-refractivity contribution in [3.05, 3.63) is 53.9 Å². The van der Waals surface area contributed by atoms with Gasteiger partial charge in [0, 0.05) is 31.4 Å². The number of aliphatic hydroxyl groups excluding tert-OH is 1. The second-order valence-electron chi connectivity index (χ2n) is 5.16. The summed E-state index contributed by atoms with van der Waals surface area (Å²) in [5, 5.41) is 17.7. The molecule has 0 amide bonds. The molecule has 2 rings (SSSR count). The van der Waals surface area contributed by atoms with Crippen LogP contribution in [0.4, 0.5) is 0 Å². The average molecular weight is 273 g/mol. The molecule has 1 heterocycles. The lowest BCUT2D eigenvalue weighted by molar-refractivity contribution is 0.166. The maximum atomic E-state index is 10.1. The van der Waals surface area contributed by atoms with E-state index in [9.17, 15) is 5.11 Å². The van der Waals surface area contributed by atoms with Crippen LogP contribution in [0.3, 0.4) is 0 Å². The molecule has 0 bridgehead atoms. The third-order valence-corrected chi connectivity index (χ3v) is 3.45. The standard InChI is InChI=1S/C16H23N3O/c1-3-16(14-10-18-19(2)12-14)17-11-15(20)9-13-7-5-4-6-8-13/h4-8,10,12,15-17,20H,3,9,11H2,1-2H3. The van der Waals surface area contributed by atoms with E-state index >= 15 is 0 Å². The second kappa shape index (κ2) is 7.22. The van der Waals surface area contributed by atoms with Crippen molar-refractivity contribution in [2.75, 3.05) is 6.54 Å². The van der Waals surface area contributed by atoms with Crippen molar-refractivity contribution in [1.29, 1.82) is 0 Å². The van der Waals surface area contributed by atoms with Gasteiger partial charge in [0.1, 0.15) is 0 Å². The van der Waals surface area contributed by atoms with Gasteiger partial charge in [0.2, 0.25) is 0 Å². The monoisotopic (exact) mass is 273 g/mol. The number of hydrogen-bond acceptors (Lipinski definition) is 3. The van der Waals surface area contributed by atoms with Gasteiger partial charge in [-0.1, -0.05) is 37.3 Å². The third-order valence-electron chi connectivity index (χ3n) is 3.45. The number of nitrogens with zero attached hydrogens (tertiary/aromatic N) is 2. The average Bonchev–Trinajstić information content (AvgIpc) is 2.87. The Morgan fingerprint density at radius 3 is 2.65 bits per heavy atom. The van der Waals surface area contributed by atoms with Crippen molar-refractivity contribution in [1.82, 2.24) is 15.1 Å². The molecule has 0 aliphatic heterocycles. The van der Waals surface area contributed by atoms with E-state index in [0.717, 1.165) is 12.0 Å². The number of aliphatic hydroxyl groups is 1. The molecule has 2 aromatic rings. The first-order chi connectivity index (χ1) is 9.69. The fourth-order valence-corrected chi connectivity index (χ4v) is 2.35. The highest BCUT2D eigenvalue weighted by atomic mass is 16.3. The summed E-state index contributed by atoms with van der Waals surface area (Å²) in [6.07, 6.45) is 5.18. The zero-order chi connectivity index (χ0) is 14.4. The van der Waals surface area contributed by atoms with Crippen molar-refractivity contribution in [2.45, 2.75) is 31.9 Å². The van der Waals surface area contributed by atoms with Crippen LogP contribution in [-0.2, 0) is 13.5 Å². The summed E-state index contributed by atoms with van der Waals surface area (Å²) < 4.78 is 1.81. The van der Waals surface area contributed by atoms with Crippen LogP contribution in [0.1, 0.15) is 30.5 Å². The highest BCUT2D eigenvalue weighted by Crippen LogP contribution is 2.15. The van der Waals surface area contributed by atoms with Gasteiger partial charge < -0.3 is 10.4 Å². The van der Waals surface area contributed by atoms with Gasteiger partial charge in [0.15, 0.2) is 0 Å². The Morgan fingerprint density at radius 2 is 2.05 bits per heavy atom. The molecule has 4 heteroatoms. The minimum Gasteiger partial charge on any atom is -0.391 e. The van der Waals surface area contributed by atoms with E-state index in [1.165, 1.54) is 5.56 Å². The lowest BCUT2D eigenvalue weighted by Crippen LogP contribution is -2.31. The van der Waals surface area contributed by atoms with E-state index in [-0.39, 0.29) is 12.1 Å². The summed E-state index contributed by atoms with van der Waals surface area (Å²) in [6.45, 7) is 2.72. The molecule has 2 atom stereocenters. The van der Waals surface area contributed by atoms with E-state index in [1.807, 2.05) is 49.8 Å². The maximum absolute atomic E-state index is 10.1. The molecule has 0 saturated heterocycles. The lowest BCUT2D eigenvalue weighted by atomic mass is 10.1. The molecule has 1 aromatic carbocycles. The number of aryl methyl sites for hydroxylation is 1. The Kier molecular flexibility index (Phi) is 5.32. The smallest absolute Gasteiger partial charge is 0.0705 e. The Bertz CT molecular complexity index is 509. The Balaban J connectivity index is 1.84. The van der Waals surface area contributed by atoms with Crippen LogP contribution in [0.2, 0.25) is 0 Å². The Labute approximate surface area is 120 Å². The predicted molar refractivity (Wildman–Crippen MR) is 80.4 cm³/mol. The molecule has 0 aliphatic carbocycles. The topological polar surface area (TPSA) is 50.1 Å². The Morgan fingerprint density at radius 1 is 1.30 bits per heavy atom. The SMILES string of the molecule is CCC(NCC(O)Cc1ccccc1)c1cnn(C)c1. The molecule has 4 nitrogen and oxygen atoms in total. The van der Waals surface area contributed by atoms with Gasteiger partial charge in [0.05, 0.1) is 12.3 Å². The van der Waals surface area contributed by atoms with Crippen LogP contribution in [0.15, 0.2) is 42.7 Å². The molecule has 0 aliphatic rings. The van der Waals surface area contributed by atoms with Crippen molar-refractivity contribution in [3.63, 3.8) is 0 Å². The summed E-state index contributed by atoms with van der Waals surface area (Å²) >= 11 is 0. The zero-order valence-electron chi connectivity index (χ0n) is 12.2. The highest BCUT2D eigenvalue weighted by Gasteiger charge is 2.13. The van der Waals surface area contributed by atoms with Crippen LogP contribution >= 0.6 is 0 Å². The van der Waals surface area contributed by atoms with Crippen molar-refractivity contribution >= 4 is 0 Å². The minimum absolute atomic E-state index is 0.245. The van der Waals surface area contributed by atoms with Crippen LogP contribution in [-0.4, -0.2) is 27.5 Å². The summed E-state index contributed by atoms with van der Waals surface area (Å²) in [6, 6.07) is 10.3. The summed E-state index contributed by atoms with van der Waals surface area (Å²) in [5.74, 6) is 0. The van der Waals surface area contributed by atoms with Gasteiger partial charge in [-0.05, 0) is 18.4 Å². The van der Waals surface area contributed by atoms with Crippen LogP contribution < -0.4 is 5.32 Å². The molecule has 0 saturated carbocycles. The summed E-state index contributed by atoms with van der Waals surface area (Å²) in [7, 11) is 1.92. The molecular weight excluding hydrogens is 250 g/mol. The number of rotatable bonds is 7. The quantitative estimate of drug-likeness (QED) is 0.812. The number of nitrogens with one attached hydrogen (secondary N) is 1. The molecule has 0 radical (unpaired) electrons. The molecule has 0 spiro atoms. The van der Waals surface area contributed by atoms with Gasteiger partial charge in [-0.15, -0.1) is 0 Å². The molecule has 108 valence electrons. The molecule has 0 fully saturated rings. The van der Waals surface area contributed by atoms with Crippen LogP contribution in [0.5, 0.6) is 0 Å². The number of benzene rings is 1. The first-order valence-corrected chi connectivity index (χ1v) is 7.13. The summed E-state index contributed by atoms with van der Waals surface area (Å²) in [5.41, 5.74) is 2.33. The molecule has 1 aromatic heterocycles. The molecular formula is C16H23N3O. The van der Waals surface area contributed by atoms with Gasteiger partial charge >= 0.3 is 0 Å². The summed E-state index contributed by atoms with van der Waals surface area (Å²) in [4.78, 5) is 0. The van der Waals surface area contributed by atoms with E-state index in [1.54, 1.807) is 4.68 Å². The fourth-order valence-electron chi connectivity index (χ4n) is 2.35. The highest BCUT2D eigenvalue weighted by molar-refractivity contribution is 5.15. The lowest BCUT2D eigenvalue weighted by Gasteiger charge is -2.18. The van der Waals surface area contributed by atoms with E-state index in [0.29, 0.717) is 13.0 Å². The van der Waals surface area contributed by atoms with Crippen LogP contribution in [0.25, 0.3) is 0 Å². The van der Waals surface area contributed by atoms with Crippen molar-refractivity contribution in [3.8, 4) is 0 Å². The van der Waals surface area contributed by atoms with Gasteiger partial charge in [-0.25, -0.2) is 0 Å². The number of hydrogen-bond donors (Lipinski definition) is 2. The largest absolute Gasteiger partial charge is 0.391 e. The van der Waals surface area contributed by atoms with Gasteiger partial charge in [0.25, 0.3) is 0 Å². The van der Waals surface area contributed by atoms with Crippen molar-refractivity contribution < 1.29 is 5.11 Å². The molecule has 2 unspecified atom stereocenters. The number of aromatic nitrogens is 2. The fraction of sp³-hybridized carbons (Fsp3) is 0.438. The minimum atomic E-state index is -0.372. The first-order valence-electron chi connectivity index (χ1n) is 7.13. The normalized spacial score (nSPS) is 14.2. The predicted octanol–water partition coefficient (Wildman–Crippen LogP) is 2.06.